The van der Waals surface area contributed by atoms with E-state index >= 15 is 0 Å². The van der Waals surface area contributed by atoms with E-state index in [1.165, 1.54) is 17.0 Å². The Labute approximate surface area is 157 Å². The van der Waals surface area contributed by atoms with Gasteiger partial charge in [-0.3, -0.25) is 4.18 Å². The third-order valence-corrected chi connectivity index (χ3v) is 7.57. The molecule has 0 saturated carbocycles. The maximum absolute atomic E-state index is 12.7. The minimum Gasteiger partial charge on any atom is -0.384 e. The Hall–Kier alpha value is -0.680. The van der Waals surface area contributed by atoms with E-state index < -0.39 is 28.6 Å². The second-order valence-electron chi connectivity index (χ2n) is 6.99. The van der Waals surface area contributed by atoms with Gasteiger partial charge in [0.25, 0.3) is 10.1 Å². The predicted molar refractivity (Wildman–Crippen MR) is 95.7 cm³/mol. The van der Waals surface area contributed by atoms with Crippen LogP contribution in [0.25, 0.3) is 0 Å². The molecule has 0 aliphatic carbocycles. The van der Waals surface area contributed by atoms with Gasteiger partial charge in [-0.25, -0.2) is 0 Å². The van der Waals surface area contributed by atoms with Crippen LogP contribution in [0.1, 0.15) is 5.56 Å². The van der Waals surface area contributed by atoms with Crippen LogP contribution in [-0.2, 0) is 23.8 Å². The number of fused-ring (bicyclic) bond motifs is 2. The molecule has 1 aromatic carbocycles. The van der Waals surface area contributed by atoms with E-state index in [0.717, 1.165) is 30.2 Å². The van der Waals surface area contributed by atoms with E-state index in [0.29, 0.717) is 6.61 Å². The first kappa shape index (κ1) is 18.7. The molecule has 4 rings (SSSR count). The molecule has 3 heterocycles. The molecule has 0 aromatic heterocycles. The van der Waals surface area contributed by atoms with Crippen molar-refractivity contribution in [1.82, 2.24) is 0 Å². The summed E-state index contributed by atoms with van der Waals surface area (Å²) < 4.78 is 42.2. The highest BCUT2D eigenvalue weighted by Crippen LogP contribution is 2.31. The van der Waals surface area contributed by atoms with E-state index in [1.54, 1.807) is 12.1 Å². The molecule has 9 heteroatoms. The summed E-state index contributed by atoms with van der Waals surface area (Å²) in [5.41, 5.74) is 0.957. The predicted octanol–water partition coefficient (Wildman–Crippen LogP) is -0.815. The number of hydrogen-bond donors (Lipinski definition) is 2. The van der Waals surface area contributed by atoms with Crippen molar-refractivity contribution < 1.29 is 32.1 Å². The van der Waals surface area contributed by atoms with E-state index in [9.17, 15) is 13.5 Å². The molecular weight excluding hydrogens is 378 g/mol. The maximum atomic E-state index is 12.7. The highest BCUT2D eigenvalue weighted by molar-refractivity contribution is 7.99. The van der Waals surface area contributed by atoms with Gasteiger partial charge in [-0.2, -0.15) is 20.2 Å². The van der Waals surface area contributed by atoms with Crippen LogP contribution in [0.2, 0.25) is 0 Å². The Morgan fingerprint density at radius 3 is 2.62 bits per heavy atom. The molecule has 2 bridgehead atoms. The van der Waals surface area contributed by atoms with Crippen molar-refractivity contribution >= 4 is 21.9 Å². The van der Waals surface area contributed by atoms with Crippen LogP contribution in [-0.4, -0.2) is 75.4 Å². The number of aliphatic hydroxyl groups excluding tert-OH is 1. The first-order valence-electron chi connectivity index (χ1n) is 8.83. The standard InChI is InChI=1S/C17H23NO6S2/c1-11-2-4-12(5-3-11)26(20,21)24-16-15(19)14(13-10-22-17(16)23-13)18-6-8-25-9-7-18/h2-5,13-17,19H,6-10H2,1H3/p+1/t13-,14-,15-,16-,17-/m1/s1. The largest absolute Gasteiger partial charge is 0.384 e. The van der Waals surface area contributed by atoms with Crippen LogP contribution in [0.15, 0.2) is 29.2 Å². The van der Waals surface area contributed by atoms with Gasteiger partial charge in [0.2, 0.25) is 0 Å². The van der Waals surface area contributed by atoms with E-state index in [4.69, 9.17) is 13.7 Å². The summed E-state index contributed by atoms with van der Waals surface area (Å²) >= 11 is 1.89. The number of benzene rings is 1. The van der Waals surface area contributed by atoms with Crippen molar-refractivity contribution in [3.05, 3.63) is 29.8 Å². The lowest BCUT2D eigenvalue weighted by Gasteiger charge is -2.41. The Morgan fingerprint density at radius 2 is 1.92 bits per heavy atom. The third kappa shape index (κ3) is 3.54. The zero-order valence-electron chi connectivity index (χ0n) is 14.5. The average molecular weight is 403 g/mol. The van der Waals surface area contributed by atoms with Crippen molar-refractivity contribution in [3.8, 4) is 0 Å². The summed E-state index contributed by atoms with van der Waals surface area (Å²) in [6, 6.07) is 6.19. The fourth-order valence-corrected chi connectivity index (χ4v) is 5.96. The first-order valence-corrected chi connectivity index (χ1v) is 11.4. The monoisotopic (exact) mass is 402 g/mol. The van der Waals surface area contributed by atoms with Crippen LogP contribution in [0, 0.1) is 6.92 Å². The van der Waals surface area contributed by atoms with Gasteiger partial charge in [-0.1, -0.05) is 17.7 Å². The van der Waals surface area contributed by atoms with Crippen molar-refractivity contribution in [2.45, 2.75) is 42.5 Å². The summed E-state index contributed by atoms with van der Waals surface area (Å²) in [6.45, 7) is 4.06. The smallest absolute Gasteiger partial charge is 0.297 e. The van der Waals surface area contributed by atoms with Gasteiger partial charge in [0.1, 0.15) is 18.2 Å². The molecule has 5 atom stereocenters. The molecule has 26 heavy (non-hydrogen) atoms. The number of ether oxygens (including phenoxy) is 2. The molecule has 3 aliphatic heterocycles. The number of aliphatic hydroxyl groups is 1. The molecule has 0 amide bonds. The molecule has 0 spiro atoms. The van der Waals surface area contributed by atoms with E-state index in [2.05, 4.69) is 0 Å². The summed E-state index contributed by atoms with van der Waals surface area (Å²) in [4.78, 5) is 1.29. The normalized spacial score (nSPS) is 35.5. The minimum absolute atomic E-state index is 0.0636. The van der Waals surface area contributed by atoms with Gasteiger partial charge in [0.15, 0.2) is 12.4 Å². The molecule has 7 nitrogen and oxygen atoms in total. The average Bonchev–Trinajstić information content (AvgIpc) is 3.06. The third-order valence-electron chi connectivity index (χ3n) is 5.26. The molecule has 2 N–H and O–H groups in total. The van der Waals surface area contributed by atoms with Crippen molar-refractivity contribution in [2.24, 2.45) is 0 Å². The second-order valence-corrected chi connectivity index (χ2v) is 9.79. The van der Waals surface area contributed by atoms with Crippen LogP contribution in [0.3, 0.4) is 0 Å². The second kappa shape index (κ2) is 7.38. The van der Waals surface area contributed by atoms with Gasteiger partial charge < -0.3 is 19.5 Å². The van der Waals surface area contributed by atoms with Crippen LogP contribution in [0.5, 0.6) is 0 Å². The topological polar surface area (TPSA) is 86.5 Å². The van der Waals surface area contributed by atoms with Crippen LogP contribution >= 0.6 is 11.8 Å². The van der Waals surface area contributed by atoms with Crippen LogP contribution in [0.4, 0.5) is 0 Å². The summed E-state index contributed by atoms with van der Waals surface area (Å²) in [6.07, 6.45) is -3.10. The molecule has 3 fully saturated rings. The zero-order valence-corrected chi connectivity index (χ0v) is 16.2. The molecule has 0 unspecified atom stereocenters. The Balaban J connectivity index is 1.56. The Morgan fingerprint density at radius 1 is 1.23 bits per heavy atom. The Bertz CT molecular complexity index is 734. The highest BCUT2D eigenvalue weighted by Gasteiger charge is 2.56. The fourth-order valence-electron chi connectivity index (χ4n) is 3.87. The number of rotatable bonds is 4. The zero-order chi connectivity index (χ0) is 18.3. The summed E-state index contributed by atoms with van der Waals surface area (Å²) in [7, 11) is -4.02. The molecule has 0 radical (unpaired) electrons. The number of thioether (sulfide) groups is 1. The molecule has 3 saturated heterocycles. The lowest BCUT2D eigenvalue weighted by molar-refractivity contribution is -0.930. The van der Waals surface area contributed by atoms with Gasteiger partial charge in [-0.15, -0.1) is 0 Å². The molecule has 3 aliphatic rings. The number of hydrogen-bond acceptors (Lipinski definition) is 7. The van der Waals surface area contributed by atoms with Crippen molar-refractivity contribution in [1.29, 1.82) is 0 Å². The van der Waals surface area contributed by atoms with Crippen molar-refractivity contribution in [3.63, 3.8) is 0 Å². The van der Waals surface area contributed by atoms with Crippen LogP contribution < -0.4 is 4.90 Å². The maximum Gasteiger partial charge on any atom is 0.297 e. The minimum atomic E-state index is -4.02. The summed E-state index contributed by atoms with van der Waals surface area (Å²) in [5.74, 6) is 2.03. The van der Waals surface area contributed by atoms with Gasteiger partial charge in [0.05, 0.1) is 24.6 Å². The quantitative estimate of drug-likeness (QED) is 0.637. The molecular formula is C17H24NO6S2+. The molecule has 1 aromatic rings. The Kier molecular flexibility index (Phi) is 5.30. The van der Waals surface area contributed by atoms with Gasteiger partial charge in [-0.05, 0) is 19.1 Å². The van der Waals surface area contributed by atoms with Gasteiger partial charge >= 0.3 is 0 Å². The van der Waals surface area contributed by atoms with Crippen molar-refractivity contribution in [2.75, 3.05) is 31.2 Å². The van der Waals surface area contributed by atoms with E-state index in [1.807, 2.05) is 18.7 Å². The number of aryl methyl sites for hydroxylation is 1. The first-order chi connectivity index (χ1) is 12.5. The lowest BCUT2D eigenvalue weighted by Crippen LogP contribution is -3.20. The molecule has 144 valence electrons. The highest BCUT2D eigenvalue weighted by atomic mass is 32.2. The van der Waals surface area contributed by atoms with E-state index in [-0.39, 0.29) is 17.0 Å². The SMILES string of the molecule is Cc1ccc(S(=O)(=O)O[C@H]2[C@@H]3OC[C@@H](O3)[C@@H]([NH+]3CCSCC3)[C@H]2O)cc1. The fraction of sp³-hybridized carbons (Fsp3) is 0.647. The number of nitrogens with one attached hydrogen (secondary N) is 1. The lowest BCUT2D eigenvalue weighted by atomic mass is 9.96. The summed E-state index contributed by atoms with van der Waals surface area (Å²) in [5, 5.41) is 10.9. The number of quaternary nitrogens is 1. The van der Waals surface area contributed by atoms with Gasteiger partial charge in [0, 0.05) is 11.5 Å².